The maximum absolute atomic E-state index is 12.6. The third-order valence-electron chi connectivity index (χ3n) is 4.05. The van der Waals surface area contributed by atoms with Gasteiger partial charge in [0.15, 0.2) is 0 Å². The van der Waals surface area contributed by atoms with Gasteiger partial charge in [0, 0.05) is 28.9 Å². The molecule has 0 aliphatic rings. The number of anilines is 1. The summed E-state index contributed by atoms with van der Waals surface area (Å²) in [7, 11) is -3.68. The number of nitrogens with one attached hydrogen (secondary N) is 2. The fourth-order valence-electron chi connectivity index (χ4n) is 2.38. The van der Waals surface area contributed by atoms with E-state index in [9.17, 15) is 13.2 Å². The van der Waals surface area contributed by atoms with Gasteiger partial charge in [-0.3, -0.25) is 4.79 Å². The molecule has 0 aromatic heterocycles. The molecule has 0 aliphatic carbocycles. The van der Waals surface area contributed by atoms with Crippen molar-refractivity contribution in [3.05, 3.63) is 52.0 Å². The number of benzene rings is 2. The zero-order valence-electron chi connectivity index (χ0n) is 16.9. The lowest BCUT2D eigenvalue weighted by atomic mass is 10.2. The highest BCUT2D eigenvalue weighted by Crippen LogP contribution is 2.29. The summed E-state index contributed by atoms with van der Waals surface area (Å²) in [6.07, 6.45) is 1.87. The molecule has 0 saturated heterocycles. The Morgan fingerprint density at radius 3 is 2.47 bits per heavy atom. The van der Waals surface area contributed by atoms with Gasteiger partial charge < -0.3 is 5.32 Å². The Kier molecular flexibility index (Phi) is 9.84. The number of hydrogen-bond donors (Lipinski definition) is 2. The molecule has 30 heavy (non-hydrogen) atoms. The number of rotatable bonds is 10. The van der Waals surface area contributed by atoms with E-state index in [4.69, 9.17) is 23.2 Å². The first-order valence-corrected chi connectivity index (χ1v) is 13.8. The van der Waals surface area contributed by atoms with Crippen molar-refractivity contribution in [1.82, 2.24) is 4.72 Å². The highest BCUT2D eigenvalue weighted by molar-refractivity contribution is 7.99. The van der Waals surface area contributed by atoms with Gasteiger partial charge in [0.1, 0.15) is 0 Å². The molecule has 0 aliphatic heterocycles. The van der Waals surface area contributed by atoms with E-state index >= 15 is 0 Å². The van der Waals surface area contributed by atoms with Crippen molar-refractivity contribution < 1.29 is 13.2 Å². The van der Waals surface area contributed by atoms with E-state index in [1.165, 1.54) is 17.8 Å². The van der Waals surface area contributed by atoms with Crippen LogP contribution in [0.2, 0.25) is 10.0 Å². The van der Waals surface area contributed by atoms with Gasteiger partial charge in [-0.2, -0.15) is 11.8 Å². The molecular weight excluding hydrogens is 483 g/mol. The number of sulfonamides is 1. The second-order valence-corrected chi connectivity index (χ2v) is 11.2. The lowest BCUT2D eigenvalue weighted by Crippen LogP contribution is -2.26. The molecule has 0 atom stereocenters. The SMILES string of the molecule is CSc1ccc(S(=O)(=O)NCCSCc2ccc(Cl)c(Cl)c2)cc1NC(=O)C(C)C. The summed E-state index contributed by atoms with van der Waals surface area (Å²) in [6, 6.07) is 10.2. The number of hydrogen-bond acceptors (Lipinski definition) is 5. The van der Waals surface area contributed by atoms with Crippen molar-refractivity contribution in [2.75, 3.05) is 23.9 Å². The minimum atomic E-state index is -3.68. The molecule has 0 saturated carbocycles. The second-order valence-electron chi connectivity index (χ2n) is 6.70. The number of thioether (sulfide) groups is 2. The molecule has 0 unspecified atom stereocenters. The monoisotopic (exact) mass is 506 g/mol. The van der Waals surface area contributed by atoms with Gasteiger partial charge >= 0.3 is 0 Å². The highest BCUT2D eigenvalue weighted by Gasteiger charge is 2.17. The molecule has 2 aromatic rings. The molecule has 2 N–H and O–H groups in total. The molecule has 164 valence electrons. The maximum atomic E-state index is 12.6. The Labute approximate surface area is 196 Å². The Morgan fingerprint density at radius 1 is 1.10 bits per heavy atom. The average molecular weight is 508 g/mol. The van der Waals surface area contributed by atoms with Crippen LogP contribution in [0.3, 0.4) is 0 Å². The number of carbonyl (C=O) groups is 1. The van der Waals surface area contributed by atoms with Crippen molar-refractivity contribution >= 4 is 68.3 Å². The van der Waals surface area contributed by atoms with Crippen LogP contribution in [-0.4, -0.2) is 32.9 Å². The molecule has 2 aromatic carbocycles. The van der Waals surface area contributed by atoms with Crippen LogP contribution in [0.1, 0.15) is 19.4 Å². The normalized spacial score (nSPS) is 11.7. The molecule has 0 spiro atoms. The smallest absolute Gasteiger partial charge is 0.240 e. The average Bonchev–Trinajstić information content (AvgIpc) is 2.70. The van der Waals surface area contributed by atoms with Gasteiger partial charge in [-0.1, -0.05) is 43.1 Å². The Morgan fingerprint density at radius 2 is 1.83 bits per heavy atom. The molecule has 2 rings (SSSR count). The number of amides is 1. The van der Waals surface area contributed by atoms with Crippen molar-refractivity contribution in [2.24, 2.45) is 5.92 Å². The summed E-state index contributed by atoms with van der Waals surface area (Å²) in [6.45, 7) is 3.85. The third-order valence-corrected chi connectivity index (χ3v) is 8.08. The quantitative estimate of drug-likeness (QED) is 0.327. The van der Waals surface area contributed by atoms with E-state index in [2.05, 4.69) is 10.0 Å². The highest BCUT2D eigenvalue weighted by atomic mass is 35.5. The van der Waals surface area contributed by atoms with Gasteiger partial charge in [0.05, 0.1) is 20.6 Å². The van der Waals surface area contributed by atoms with Crippen molar-refractivity contribution in [3.63, 3.8) is 0 Å². The van der Waals surface area contributed by atoms with Gasteiger partial charge in [0.2, 0.25) is 15.9 Å². The van der Waals surface area contributed by atoms with Crippen LogP contribution in [0.15, 0.2) is 46.2 Å². The van der Waals surface area contributed by atoms with Crippen LogP contribution < -0.4 is 10.0 Å². The molecule has 10 heteroatoms. The fourth-order valence-corrected chi connectivity index (χ4v) is 5.23. The molecule has 5 nitrogen and oxygen atoms in total. The predicted octanol–water partition coefficient (Wildman–Crippen LogP) is 5.52. The molecule has 1 amide bonds. The molecule has 0 heterocycles. The summed E-state index contributed by atoms with van der Waals surface area (Å²) in [5.41, 5.74) is 1.52. The topological polar surface area (TPSA) is 75.3 Å². The first-order valence-electron chi connectivity index (χ1n) is 9.14. The maximum Gasteiger partial charge on any atom is 0.240 e. The summed E-state index contributed by atoms with van der Waals surface area (Å²) in [5, 5.41) is 3.81. The van der Waals surface area contributed by atoms with Crippen LogP contribution >= 0.6 is 46.7 Å². The van der Waals surface area contributed by atoms with Crippen LogP contribution in [0.25, 0.3) is 0 Å². The fraction of sp³-hybridized carbons (Fsp3) is 0.350. The van der Waals surface area contributed by atoms with Crippen LogP contribution in [0.5, 0.6) is 0 Å². The van der Waals surface area contributed by atoms with E-state index in [1.54, 1.807) is 49.9 Å². The third kappa shape index (κ3) is 7.35. The van der Waals surface area contributed by atoms with E-state index in [0.29, 0.717) is 27.2 Å². The molecule has 0 radical (unpaired) electrons. The Bertz CT molecular complexity index is 999. The first kappa shape index (κ1) is 25.4. The molecule has 0 bridgehead atoms. The number of carbonyl (C=O) groups excluding carboxylic acids is 1. The van der Waals surface area contributed by atoms with E-state index in [0.717, 1.165) is 10.5 Å². The van der Waals surface area contributed by atoms with Gasteiger partial charge in [-0.05, 0) is 42.2 Å². The lowest BCUT2D eigenvalue weighted by Gasteiger charge is -2.14. The van der Waals surface area contributed by atoms with Gasteiger partial charge in [0.25, 0.3) is 0 Å². The predicted molar refractivity (Wildman–Crippen MR) is 130 cm³/mol. The summed E-state index contributed by atoms with van der Waals surface area (Å²) in [5.74, 6) is 0.934. The zero-order chi connectivity index (χ0) is 22.3. The largest absolute Gasteiger partial charge is 0.325 e. The Hall–Kier alpha value is -0.900. The zero-order valence-corrected chi connectivity index (χ0v) is 20.8. The van der Waals surface area contributed by atoms with E-state index in [-0.39, 0.29) is 23.3 Å². The standard InChI is InChI=1S/C20H24Cl2N2O3S3/c1-13(2)20(25)24-18-11-15(5-7-19(18)28-3)30(26,27)23-8-9-29-12-14-4-6-16(21)17(22)10-14/h4-7,10-11,13,23H,8-9,12H2,1-3H3,(H,24,25). The summed E-state index contributed by atoms with van der Waals surface area (Å²) < 4.78 is 27.9. The first-order chi connectivity index (χ1) is 14.1. The van der Waals surface area contributed by atoms with Gasteiger partial charge in [-0.25, -0.2) is 13.1 Å². The van der Waals surface area contributed by atoms with Crippen LogP contribution in [0, 0.1) is 5.92 Å². The van der Waals surface area contributed by atoms with E-state index < -0.39 is 10.0 Å². The van der Waals surface area contributed by atoms with Crippen LogP contribution in [-0.2, 0) is 20.6 Å². The van der Waals surface area contributed by atoms with Crippen LogP contribution in [0.4, 0.5) is 5.69 Å². The van der Waals surface area contributed by atoms with Crippen molar-refractivity contribution in [2.45, 2.75) is 29.4 Å². The van der Waals surface area contributed by atoms with Crippen molar-refractivity contribution in [1.29, 1.82) is 0 Å². The lowest BCUT2D eigenvalue weighted by molar-refractivity contribution is -0.118. The van der Waals surface area contributed by atoms with Crippen molar-refractivity contribution in [3.8, 4) is 0 Å². The van der Waals surface area contributed by atoms with Gasteiger partial charge in [-0.15, -0.1) is 11.8 Å². The summed E-state index contributed by atoms with van der Waals surface area (Å²) in [4.78, 5) is 13.0. The number of halogens is 2. The molecular formula is C20H24Cl2N2O3S3. The van der Waals surface area contributed by atoms with E-state index in [1.807, 2.05) is 12.3 Å². The molecule has 0 fully saturated rings. The Balaban J connectivity index is 1.95. The minimum Gasteiger partial charge on any atom is -0.325 e. The minimum absolute atomic E-state index is 0.119. The summed E-state index contributed by atoms with van der Waals surface area (Å²) >= 11 is 14.9. The second kappa shape index (κ2) is 11.6.